The van der Waals surface area contributed by atoms with E-state index in [1.54, 1.807) is 4.68 Å². The van der Waals surface area contributed by atoms with Crippen LogP contribution in [0.2, 0.25) is 0 Å². The maximum atomic E-state index is 13.3. The van der Waals surface area contributed by atoms with Gasteiger partial charge >= 0.3 is 0 Å². The number of nitrogens with zero attached hydrogens (tertiary/aromatic N) is 5. The smallest absolute Gasteiger partial charge is 0.245 e. The molecule has 0 aliphatic carbocycles. The Labute approximate surface area is 156 Å². The van der Waals surface area contributed by atoms with Gasteiger partial charge in [-0.25, -0.2) is 4.68 Å². The Morgan fingerprint density at radius 1 is 0.963 bits per heavy atom. The lowest BCUT2D eigenvalue weighted by Crippen LogP contribution is -2.43. The Morgan fingerprint density at radius 2 is 1.78 bits per heavy atom. The van der Waals surface area contributed by atoms with Crippen LogP contribution < -0.4 is 0 Å². The minimum atomic E-state index is -0.0859. The fraction of sp³-hybridized carbons (Fsp3) is 0.190. The molecular formula is C21H19N5O. The van der Waals surface area contributed by atoms with E-state index in [0.29, 0.717) is 6.54 Å². The highest BCUT2D eigenvalue weighted by molar-refractivity contribution is 5.80. The first-order chi connectivity index (χ1) is 13.3. The number of hydrogen-bond donors (Lipinski definition) is 0. The van der Waals surface area contributed by atoms with Gasteiger partial charge in [-0.3, -0.25) is 4.79 Å². The molecule has 0 saturated heterocycles. The first-order valence-corrected chi connectivity index (χ1v) is 9.09. The van der Waals surface area contributed by atoms with Gasteiger partial charge in [-0.1, -0.05) is 47.7 Å². The summed E-state index contributed by atoms with van der Waals surface area (Å²) in [4.78, 5) is 15.2. The minimum absolute atomic E-state index is 0.0481. The lowest BCUT2D eigenvalue weighted by Gasteiger charge is -2.37. The van der Waals surface area contributed by atoms with Crippen LogP contribution >= 0.6 is 0 Å². The quantitative estimate of drug-likeness (QED) is 0.566. The van der Waals surface area contributed by atoms with Crippen molar-refractivity contribution in [2.24, 2.45) is 0 Å². The van der Waals surface area contributed by atoms with Gasteiger partial charge in [0, 0.05) is 25.0 Å². The van der Waals surface area contributed by atoms with E-state index in [0.717, 1.165) is 28.8 Å². The van der Waals surface area contributed by atoms with E-state index in [2.05, 4.69) is 39.3 Å². The molecule has 4 aromatic rings. The Hall–Kier alpha value is -3.41. The van der Waals surface area contributed by atoms with Gasteiger partial charge in [0.2, 0.25) is 5.91 Å². The number of fused-ring (bicyclic) bond motifs is 2. The van der Waals surface area contributed by atoms with E-state index >= 15 is 0 Å². The summed E-state index contributed by atoms with van der Waals surface area (Å²) in [6, 6.07) is 22.0. The van der Waals surface area contributed by atoms with Gasteiger partial charge in [0.1, 0.15) is 12.1 Å². The van der Waals surface area contributed by atoms with Crippen molar-refractivity contribution in [3.05, 3.63) is 84.2 Å². The fourth-order valence-electron chi connectivity index (χ4n) is 3.89. The van der Waals surface area contributed by atoms with Crippen molar-refractivity contribution < 1.29 is 4.79 Å². The average Bonchev–Trinajstić information content (AvgIpc) is 3.35. The molecule has 1 amide bonds. The zero-order chi connectivity index (χ0) is 18.2. The lowest BCUT2D eigenvalue weighted by atomic mass is 10.00. The largest absolute Gasteiger partial charge is 0.348 e. The number of amides is 1. The molecule has 5 rings (SSSR count). The summed E-state index contributed by atoms with van der Waals surface area (Å²) < 4.78 is 3.92. The molecule has 0 saturated carbocycles. The average molecular weight is 357 g/mol. The van der Waals surface area contributed by atoms with Crippen molar-refractivity contribution in [3.8, 4) is 0 Å². The third-order valence-corrected chi connectivity index (χ3v) is 5.18. The van der Waals surface area contributed by atoms with Gasteiger partial charge in [0.15, 0.2) is 0 Å². The summed E-state index contributed by atoms with van der Waals surface area (Å²) in [7, 11) is 0. The van der Waals surface area contributed by atoms with Crippen LogP contribution in [-0.2, 0) is 17.9 Å². The Kier molecular flexibility index (Phi) is 3.74. The summed E-state index contributed by atoms with van der Waals surface area (Å²) in [5.41, 5.74) is 3.94. The maximum absolute atomic E-state index is 13.3. The van der Waals surface area contributed by atoms with Crippen molar-refractivity contribution in [2.75, 3.05) is 6.54 Å². The van der Waals surface area contributed by atoms with Crippen LogP contribution in [0.5, 0.6) is 0 Å². The molecule has 0 bridgehead atoms. The van der Waals surface area contributed by atoms with E-state index in [9.17, 15) is 4.79 Å². The molecule has 0 spiro atoms. The van der Waals surface area contributed by atoms with Gasteiger partial charge in [-0.2, -0.15) is 0 Å². The Morgan fingerprint density at radius 3 is 2.67 bits per heavy atom. The molecule has 0 N–H and O–H groups in total. The van der Waals surface area contributed by atoms with Crippen LogP contribution in [0.15, 0.2) is 72.9 Å². The highest BCUT2D eigenvalue weighted by Gasteiger charge is 2.32. The molecule has 0 radical (unpaired) electrons. The van der Waals surface area contributed by atoms with E-state index in [-0.39, 0.29) is 18.5 Å². The number of benzene rings is 2. The zero-order valence-electron chi connectivity index (χ0n) is 14.8. The lowest BCUT2D eigenvalue weighted by molar-refractivity contribution is -0.134. The molecular weight excluding hydrogens is 338 g/mol. The van der Waals surface area contributed by atoms with E-state index < -0.39 is 0 Å². The van der Waals surface area contributed by atoms with E-state index in [1.807, 2.05) is 53.4 Å². The molecule has 6 heteroatoms. The SMILES string of the molecule is O=C(Cn1nnc2ccccc21)N1CCn2cccc2C1c1ccccc1. The van der Waals surface area contributed by atoms with Crippen LogP contribution in [0, 0.1) is 0 Å². The molecule has 1 aliphatic heterocycles. The Balaban J connectivity index is 1.50. The van der Waals surface area contributed by atoms with Crippen LogP contribution in [0.1, 0.15) is 17.3 Å². The van der Waals surface area contributed by atoms with Gasteiger partial charge in [0.25, 0.3) is 0 Å². The summed E-state index contributed by atoms with van der Waals surface area (Å²) in [6.07, 6.45) is 2.08. The molecule has 134 valence electrons. The van der Waals surface area contributed by atoms with Gasteiger partial charge in [-0.05, 0) is 29.8 Å². The van der Waals surface area contributed by atoms with E-state index in [1.165, 1.54) is 0 Å². The van der Waals surface area contributed by atoms with Crippen molar-refractivity contribution >= 4 is 16.9 Å². The Bertz CT molecular complexity index is 1100. The molecule has 2 aromatic heterocycles. The second-order valence-electron chi connectivity index (χ2n) is 6.76. The zero-order valence-corrected chi connectivity index (χ0v) is 14.8. The number of para-hydroxylation sites is 1. The van der Waals surface area contributed by atoms with Crippen LogP contribution in [-0.4, -0.2) is 36.9 Å². The van der Waals surface area contributed by atoms with Gasteiger partial charge in [-0.15, -0.1) is 5.10 Å². The summed E-state index contributed by atoms with van der Waals surface area (Å²) in [6.45, 7) is 1.66. The van der Waals surface area contributed by atoms with Gasteiger partial charge < -0.3 is 9.47 Å². The standard InChI is InChI=1S/C21H19N5O/c27-20(15-26-18-10-5-4-9-17(18)22-23-26)25-14-13-24-12-6-11-19(24)21(25)16-7-2-1-3-8-16/h1-12,21H,13-15H2. The third-order valence-electron chi connectivity index (χ3n) is 5.18. The van der Waals surface area contributed by atoms with Crippen LogP contribution in [0.3, 0.4) is 0 Å². The molecule has 2 aromatic carbocycles. The van der Waals surface area contributed by atoms with Crippen molar-refractivity contribution in [2.45, 2.75) is 19.1 Å². The number of hydrogen-bond acceptors (Lipinski definition) is 3. The minimum Gasteiger partial charge on any atom is -0.348 e. The molecule has 1 atom stereocenters. The normalized spacial score (nSPS) is 16.4. The fourth-order valence-corrected chi connectivity index (χ4v) is 3.89. The maximum Gasteiger partial charge on any atom is 0.245 e. The topological polar surface area (TPSA) is 56.0 Å². The second-order valence-corrected chi connectivity index (χ2v) is 6.76. The highest BCUT2D eigenvalue weighted by Crippen LogP contribution is 2.32. The third kappa shape index (κ3) is 2.70. The summed E-state index contributed by atoms with van der Waals surface area (Å²) in [5, 5.41) is 8.34. The molecule has 1 unspecified atom stereocenters. The molecule has 0 fully saturated rings. The summed E-state index contributed by atoms with van der Waals surface area (Å²) >= 11 is 0. The predicted octanol–water partition coefficient (Wildman–Crippen LogP) is 2.86. The summed E-state index contributed by atoms with van der Waals surface area (Å²) in [5.74, 6) is 0.0481. The second kappa shape index (κ2) is 6.39. The van der Waals surface area contributed by atoms with Gasteiger partial charge in [0.05, 0.1) is 11.6 Å². The van der Waals surface area contributed by atoms with Crippen molar-refractivity contribution in [1.29, 1.82) is 0 Å². The number of aromatic nitrogens is 4. The van der Waals surface area contributed by atoms with Crippen LogP contribution in [0.4, 0.5) is 0 Å². The van der Waals surface area contributed by atoms with Crippen molar-refractivity contribution in [1.82, 2.24) is 24.5 Å². The molecule has 27 heavy (non-hydrogen) atoms. The number of carbonyl (C=O) groups excluding carboxylic acids is 1. The molecule has 6 nitrogen and oxygen atoms in total. The number of rotatable bonds is 3. The molecule has 3 heterocycles. The first kappa shape index (κ1) is 15.8. The van der Waals surface area contributed by atoms with E-state index in [4.69, 9.17) is 0 Å². The predicted molar refractivity (Wildman–Crippen MR) is 102 cm³/mol. The highest BCUT2D eigenvalue weighted by atomic mass is 16.2. The monoisotopic (exact) mass is 357 g/mol. The van der Waals surface area contributed by atoms with Crippen molar-refractivity contribution in [3.63, 3.8) is 0 Å². The number of carbonyl (C=O) groups is 1. The molecule has 1 aliphatic rings. The van der Waals surface area contributed by atoms with Crippen LogP contribution in [0.25, 0.3) is 11.0 Å². The first-order valence-electron chi connectivity index (χ1n) is 9.09.